The lowest BCUT2D eigenvalue weighted by atomic mass is 9.93. The zero-order valence-electron chi connectivity index (χ0n) is 13.0. The summed E-state index contributed by atoms with van der Waals surface area (Å²) in [6.45, 7) is 3.62. The van der Waals surface area contributed by atoms with Crippen molar-refractivity contribution < 1.29 is 17.6 Å². The second-order valence-corrected chi connectivity index (χ2v) is 8.27. The number of sulfone groups is 1. The molecule has 0 spiro atoms. The lowest BCUT2D eigenvalue weighted by Crippen LogP contribution is -2.49. The highest BCUT2D eigenvalue weighted by molar-refractivity contribution is 7.91. The monoisotopic (exact) mass is 313 g/mol. The number of carbonyl (C=O) groups excluding carboxylic acids is 1. The van der Waals surface area contributed by atoms with Gasteiger partial charge in [-0.3, -0.25) is 4.79 Å². The van der Waals surface area contributed by atoms with Crippen molar-refractivity contribution in [3.63, 3.8) is 0 Å². The summed E-state index contributed by atoms with van der Waals surface area (Å²) in [5.74, 6) is 0.765. The van der Waals surface area contributed by atoms with Gasteiger partial charge in [-0.05, 0) is 32.8 Å². The van der Waals surface area contributed by atoms with Crippen LogP contribution >= 0.6 is 0 Å². The van der Waals surface area contributed by atoms with Crippen LogP contribution in [0.15, 0.2) is 10.5 Å². The maximum absolute atomic E-state index is 12.6. The van der Waals surface area contributed by atoms with Crippen LogP contribution in [0.25, 0.3) is 0 Å². The SMILES string of the molecule is Cc1cc(C)c(C(=O)N(C)[C@@H]2CCCC[C@H]2S(C)(=O)=O)o1. The van der Waals surface area contributed by atoms with E-state index in [0.717, 1.165) is 24.8 Å². The fourth-order valence-corrected chi connectivity index (χ4v) is 4.67. The van der Waals surface area contributed by atoms with Gasteiger partial charge in [-0.1, -0.05) is 12.8 Å². The standard InChI is InChI=1S/C15H23NO4S/c1-10-9-11(2)20-14(10)15(17)16(3)12-7-5-6-8-13(12)21(4,18)19/h9,12-13H,5-8H2,1-4H3/t12-,13-/m1/s1. The summed E-state index contributed by atoms with van der Waals surface area (Å²) in [5.41, 5.74) is 0.788. The predicted molar refractivity (Wildman–Crippen MR) is 81.2 cm³/mol. The Morgan fingerprint density at radius 3 is 2.43 bits per heavy atom. The Morgan fingerprint density at radius 1 is 1.29 bits per heavy atom. The Bertz CT molecular complexity index is 632. The van der Waals surface area contributed by atoms with Gasteiger partial charge >= 0.3 is 0 Å². The highest BCUT2D eigenvalue weighted by Crippen LogP contribution is 2.29. The Kier molecular flexibility index (Phi) is 4.46. The molecule has 0 saturated heterocycles. The smallest absolute Gasteiger partial charge is 0.289 e. The molecule has 0 aromatic carbocycles. The molecule has 2 atom stereocenters. The van der Waals surface area contributed by atoms with Gasteiger partial charge < -0.3 is 9.32 Å². The van der Waals surface area contributed by atoms with Gasteiger partial charge in [0.1, 0.15) is 5.76 Å². The van der Waals surface area contributed by atoms with Gasteiger partial charge in [-0.15, -0.1) is 0 Å². The van der Waals surface area contributed by atoms with Crippen molar-refractivity contribution in [2.24, 2.45) is 0 Å². The summed E-state index contributed by atoms with van der Waals surface area (Å²) in [6, 6.07) is 1.54. The number of furan rings is 1. The Morgan fingerprint density at radius 2 is 1.90 bits per heavy atom. The Balaban J connectivity index is 2.27. The lowest BCUT2D eigenvalue weighted by molar-refractivity contribution is 0.0666. The van der Waals surface area contributed by atoms with Gasteiger partial charge in [0.25, 0.3) is 5.91 Å². The van der Waals surface area contributed by atoms with Crippen LogP contribution in [0.4, 0.5) is 0 Å². The molecule has 1 fully saturated rings. The lowest BCUT2D eigenvalue weighted by Gasteiger charge is -2.36. The molecule has 0 aliphatic heterocycles. The van der Waals surface area contributed by atoms with Gasteiger partial charge in [0.2, 0.25) is 0 Å². The average molecular weight is 313 g/mol. The summed E-state index contributed by atoms with van der Waals surface area (Å²) in [6.07, 6.45) is 4.45. The van der Waals surface area contributed by atoms with E-state index < -0.39 is 15.1 Å². The molecule has 0 N–H and O–H groups in total. The number of amides is 1. The minimum Gasteiger partial charge on any atom is -0.456 e. The third-order valence-corrected chi connectivity index (χ3v) is 5.92. The summed E-state index contributed by atoms with van der Waals surface area (Å²) < 4.78 is 29.4. The number of carbonyl (C=O) groups is 1. The second kappa shape index (κ2) is 5.83. The molecule has 5 nitrogen and oxygen atoms in total. The number of hydrogen-bond acceptors (Lipinski definition) is 4. The van der Waals surface area contributed by atoms with E-state index in [2.05, 4.69) is 0 Å². The minimum absolute atomic E-state index is 0.235. The molecule has 118 valence electrons. The minimum atomic E-state index is -3.17. The molecule has 1 heterocycles. The van der Waals surface area contributed by atoms with Gasteiger partial charge in [-0.2, -0.15) is 0 Å². The van der Waals surface area contributed by atoms with Crippen LogP contribution < -0.4 is 0 Å². The molecular weight excluding hydrogens is 290 g/mol. The number of nitrogens with zero attached hydrogens (tertiary/aromatic N) is 1. The first kappa shape index (κ1) is 16.1. The molecule has 2 rings (SSSR count). The van der Waals surface area contributed by atoms with Gasteiger partial charge in [0.05, 0.1) is 5.25 Å². The van der Waals surface area contributed by atoms with Crippen molar-refractivity contribution in [1.29, 1.82) is 0 Å². The number of aryl methyl sites for hydroxylation is 2. The Labute approximate surface area is 126 Å². The largest absolute Gasteiger partial charge is 0.456 e. The first-order valence-electron chi connectivity index (χ1n) is 7.25. The van der Waals surface area contributed by atoms with E-state index in [0.29, 0.717) is 17.9 Å². The summed E-state index contributed by atoms with van der Waals surface area (Å²) in [5, 5.41) is -0.475. The average Bonchev–Trinajstić information content (AvgIpc) is 2.75. The molecule has 1 aromatic heterocycles. The topological polar surface area (TPSA) is 67.6 Å². The quantitative estimate of drug-likeness (QED) is 0.859. The van der Waals surface area contributed by atoms with Crippen LogP contribution in [0, 0.1) is 13.8 Å². The molecule has 0 bridgehead atoms. The Hall–Kier alpha value is -1.30. The molecule has 6 heteroatoms. The second-order valence-electron chi connectivity index (χ2n) is 6.01. The van der Waals surface area contributed by atoms with Crippen molar-refractivity contribution >= 4 is 15.7 Å². The van der Waals surface area contributed by atoms with Crippen molar-refractivity contribution in [3.8, 4) is 0 Å². The first-order valence-corrected chi connectivity index (χ1v) is 9.20. The zero-order chi connectivity index (χ0) is 15.8. The van der Waals surface area contributed by atoms with E-state index >= 15 is 0 Å². The molecule has 1 aromatic rings. The third kappa shape index (κ3) is 3.31. The van der Waals surface area contributed by atoms with Crippen LogP contribution in [0.2, 0.25) is 0 Å². The van der Waals surface area contributed by atoms with Crippen molar-refractivity contribution in [1.82, 2.24) is 4.90 Å². The summed E-state index contributed by atoms with van der Waals surface area (Å²) >= 11 is 0. The molecule has 0 radical (unpaired) electrons. The third-order valence-electron chi connectivity index (χ3n) is 4.27. The van der Waals surface area contributed by atoms with Crippen LogP contribution in [0.5, 0.6) is 0 Å². The van der Waals surface area contributed by atoms with Gasteiger partial charge in [-0.25, -0.2) is 8.42 Å². The van der Waals surface area contributed by atoms with E-state index in [1.165, 1.54) is 6.26 Å². The predicted octanol–water partition coefficient (Wildman–Crippen LogP) is 2.32. The maximum Gasteiger partial charge on any atom is 0.289 e. The maximum atomic E-state index is 12.6. The highest BCUT2D eigenvalue weighted by Gasteiger charge is 2.38. The van der Waals surface area contributed by atoms with E-state index in [-0.39, 0.29) is 11.9 Å². The number of hydrogen-bond donors (Lipinski definition) is 0. The zero-order valence-corrected chi connectivity index (χ0v) is 13.9. The van der Waals surface area contributed by atoms with Crippen LogP contribution in [0.1, 0.15) is 47.6 Å². The molecule has 1 amide bonds. The van der Waals surface area contributed by atoms with E-state index in [1.807, 2.05) is 13.0 Å². The fraction of sp³-hybridized carbons (Fsp3) is 0.667. The molecule has 21 heavy (non-hydrogen) atoms. The van der Waals surface area contributed by atoms with Crippen molar-refractivity contribution in [2.75, 3.05) is 13.3 Å². The van der Waals surface area contributed by atoms with E-state index in [9.17, 15) is 13.2 Å². The van der Waals surface area contributed by atoms with Crippen LogP contribution in [0.3, 0.4) is 0 Å². The van der Waals surface area contributed by atoms with Crippen molar-refractivity contribution in [2.45, 2.75) is 50.8 Å². The van der Waals surface area contributed by atoms with Crippen molar-refractivity contribution in [3.05, 3.63) is 23.2 Å². The first-order chi connectivity index (χ1) is 9.71. The number of rotatable bonds is 3. The summed E-state index contributed by atoms with van der Waals surface area (Å²) in [4.78, 5) is 14.1. The molecule has 1 aliphatic rings. The molecular formula is C15H23NO4S. The van der Waals surface area contributed by atoms with E-state index in [4.69, 9.17) is 4.42 Å². The molecule has 1 saturated carbocycles. The molecule has 0 unspecified atom stereocenters. The van der Waals surface area contributed by atoms with Gasteiger partial charge in [0.15, 0.2) is 15.6 Å². The van der Waals surface area contributed by atoms with E-state index in [1.54, 1.807) is 18.9 Å². The van der Waals surface area contributed by atoms with Gasteiger partial charge in [0, 0.05) is 24.9 Å². The van der Waals surface area contributed by atoms with Crippen LogP contribution in [-0.2, 0) is 9.84 Å². The van der Waals surface area contributed by atoms with Crippen LogP contribution in [-0.4, -0.2) is 43.8 Å². The fourth-order valence-electron chi connectivity index (χ4n) is 3.18. The summed E-state index contributed by atoms with van der Waals surface area (Å²) in [7, 11) is -1.49. The molecule has 1 aliphatic carbocycles. The highest BCUT2D eigenvalue weighted by atomic mass is 32.2. The normalized spacial score (nSPS) is 23.0.